The molecule has 15 heavy (non-hydrogen) atoms. The monoisotopic (exact) mass is 209 g/mol. The third-order valence-corrected chi connectivity index (χ3v) is 3.55. The highest BCUT2D eigenvalue weighted by atomic mass is 14.9. The van der Waals surface area contributed by atoms with E-state index in [4.69, 9.17) is 0 Å². The Labute approximate surface area is 95.3 Å². The van der Waals surface area contributed by atoms with E-state index in [1.807, 2.05) is 0 Å². The van der Waals surface area contributed by atoms with Crippen LogP contribution in [-0.4, -0.2) is 12.6 Å². The molecule has 88 valence electrons. The van der Waals surface area contributed by atoms with Crippen LogP contribution in [0.1, 0.15) is 59.3 Å². The summed E-state index contributed by atoms with van der Waals surface area (Å²) in [6, 6.07) is 0.754. The minimum atomic E-state index is 0.754. The fourth-order valence-corrected chi connectivity index (χ4v) is 2.48. The topological polar surface area (TPSA) is 12.0 Å². The summed E-state index contributed by atoms with van der Waals surface area (Å²) in [6.45, 7) is 8.10. The molecule has 0 aromatic carbocycles. The smallest absolute Gasteiger partial charge is 0.0104 e. The van der Waals surface area contributed by atoms with E-state index >= 15 is 0 Å². The summed E-state index contributed by atoms with van der Waals surface area (Å²) in [4.78, 5) is 0. The first kappa shape index (κ1) is 12.8. The molecular formula is C14H27N. The van der Waals surface area contributed by atoms with Crippen molar-refractivity contribution in [3.63, 3.8) is 0 Å². The van der Waals surface area contributed by atoms with Crippen LogP contribution in [0.4, 0.5) is 0 Å². The highest BCUT2D eigenvalue weighted by Gasteiger charge is 2.12. The van der Waals surface area contributed by atoms with Gasteiger partial charge in [-0.3, -0.25) is 0 Å². The highest BCUT2D eigenvalue weighted by molar-refractivity contribution is 5.03. The number of hydrogen-bond donors (Lipinski definition) is 1. The molecule has 0 saturated carbocycles. The maximum absolute atomic E-state index is 3.62. The van der Waals surface area contributed by atoms with Gasteiger partial charge in [0.05, 0.1) is 0 Å². The third kappa shape index (κ3) is 4.83. The van der Waals surface area contributed by atoms with Crippen LogP contribution >= 0.6 is 0 Å². The Morgan fingerprint density at radius 2 is 2.07 bits per heavy atom. The van der Waals surface area contributed by atoms with Crippen LogP contribution in [0.25, 0.3) is 0 Å². The van der Waals surface area contributed by atoms with Gasteiger partial charge in [0.15, 0.2) is 0 Å². The van der Waals surface area contributed by atoms with Crippen LogP contribution in [0, 0.1) is 5.92 Å². The number of allylic oxidation sites excluding steroid dienone is 1. The van der Waals surface area contributed by atoms with E-state index in [2.05, 4.69) is 32.2 Å². The number of piperidine rings is 1. The Kier molecular flexibility index (Phi) is 6.00. The maximum atomic E-state index is 3.62. The normalized spacial score (nSPS) is 23.5. The third-order valence-electron chi connectivity index (χ3n) is 3.55. The van der Waals surface area contributed by atoms with E-state index < -0.39 is 0 Å². The van der Waals surface area contributed by atoms with Crippen molar-refractivity contribution in [1.29, 1.82) is 0 Å². The fraction of sp³-hybridized carbons (Fsp3) is 0.857. The largest absolute Gasteiger partial charge is 0.314 e. The summed E-state index contributed by atoms with van der Waals surface area (Å²) in [5.41, 5.74) is 1.59. The van der Waals surface area contributed by atoms with Gasteiger partial charge in [-0.2, -0.15) is 0 Å². The first-order chi connectivity index (χ1) is 7.26. The summed E-state index contributed by atoms with van der Waals surface area (Å²) in [5.74, 6) is 0.800. The van der Waals surface area contributed by atoms with Crippen LogP contribution in [-0.2, 0) is 0 Å². The standard InChI is InChI=1S/C14H27N/c1-4-13(5-2)10-12(3)11-14-8-6-7-9-15-14/h10,13-15H,4-9,11H2,1-3H3/b12-10-. The van der Waals surface area contributed by atoms with Gasteiger partial charge < -0.3 is 5.32 Å². The molecule has 0 aromatic heterocycles. The van der Waals surface area contributed by atoms with E-state index in [0.29, 0.717) is 0 Å². The molecule has 1 rings (SSSR count). The van der Waals surface area contributed by atoms with E-state index in [1.165, 1.54) is 45.1 Å². The molecule has 1 nitrogen and oxygen atoms in total. The number of nitrogens with one attached hydrogen (secondary N) is 1. The van der Waals surface area contributed by atoms with Crippen LogP contribution in [0.15, 0.2) is 11.6 Å². The summed E-state index contributed by atoms with van der Waals surface area (Å²) < 4.78 is 0. The molecule has 0 amide bonds. The summed E-state index contributed by atoms with van der Waals surface area (Å²) in [7, 11) is 0. The van der Waals surface area contributed by atoms with E-state index in [0.717, 1.165) is 12.0 Å². The zero-order valence-electron chi connectivity index (χ0n) is 10.7. The van der Waals surface area contributed by atoms with Crippen LogP contribution in [0.5, 0.6) is 0 Å². The molecule has 0 spiro atoms. The minimum absolute atomic E-state index is 0.754. The minimum Gasteiger partial charge on any atom is -0.314 e. The molecule has 1 fully saturated rings. The van der Waals surface area contributed by atoms with Gasteiger partial charge in [0.25, 0.3) is 0 Å². The van der Waals surface area contributed by atoms with Crippen molar-refractivity contribution >= 4 is 0 Å². The zero-order chi connectivity index (χ0) is 11.1. The average molecular weight is 209 g/mol. The Morgan fingerprint density at radius 3 is 2.60 bits per heavy atom. The van der Waals surface area contributed by atoms with Crippen molar-refractivity contribution in [2.75, 3.05) is 6.54 Å². The average Bonchev–Trinajstić information content (AvgIpc) is 2.27. The molecule has 1 heterocycles. The van der Waals surface area contributed by atoms with Crippen LogP contribution in [0.2, 0.25) is 0 Å². The van der Waals surface area contributed by atoms with Gasteiger partial charge in [-0.25, -0.2) is 0 Å². The molecule has 1 aliphatic heterocycles. The Hall–Kier alpha value is -0.300. The van der Waals surface area contributed by atoms with Crippen molar-refractivity contribution in [3.05, 3.63) is 11.6 Å². The lowest BCUT2D eigenvalue weighted by atomic mass is 9.94. The summed E-state index contributed by atoms with van der Waals surface area (Å²) in [6.07, 6.45) is 10.5. The van der Waals surface area contributed by atoms with Gasteiger partial charge in [0, 0.05) is 6.04 Å². The van der Waals surface area contributed by atoms with E-state index in [-0.39, 0.29) is 0 Å². The molecule has 1 unspecified atom stereocenters. The fourth-order valence-electron chi connectivity index (χ4n) is 2.48. The van der Waals surface area contributed by atoms with Gasteiger partial charge in [-0.15, -0.1) is 0 Å². The lowest BCUT2D eigenvalue weighted by Gasteiger charge is -2.24. The molecule has 1 heteroatoms. The van der Waals surface area contributed by atoms with Crippen molar-refractivity contribution < 1.29 is 0 Å². The molecular weight excluding hydrogens is 182 g/mol. The molecule has 1 N–H and O–H groups in total. The molecule has 1 atom stereocenters. The van der Waals surface area contributed by atoms with Gasteiger partial charge >= 0.3 is 0 Å². The van der Waals surface area contributed by atoms with Gasteiger partial charge in [-0.1, -0.05) is 31.9 Å². The van der Waals surface area contributed by atoms with Crippen LogP contribution in [0.3, 0.4) is 0 Å². The van der Waals surface area contributed by atoms with E-state index in [9.17, 15) is 0 Å². The molecule has 0 radical (unpaired) electrons. The summed E-state index contributed by atoms with van der Waals surface area (Å²) >= 11 is 0. The lowest BCUT2D eigenvalue weighted by molar-refractivity contribution is 0.397. The Bertz CT molecular complexity index is 186. The predicted octanol–water partition coefficient (Wildman–Crippen LogP) is 3.90. The second kappa shape index (κ2) is 7.05. The Morgan fingerprint density at radius 1 is 1.33 bits per heavy atom. The second-order valence-electron chi connectivity index (χ2n) is 4.94. The van der Waals surface area contributed by atoms with Crippen molar-refractivity contribution in [3.8, 4) is 0 Å². The van der Waals surface area contributed by atoms with Gasteiger partial charge in [0.2, 0.25) is 0 Å². The maximum Gasteiger partial charge on any atom is 0.0104 e. The number of hydrogen-bond acceptors (Lipinski definition) is 1. The van der Waals surface area contributed by atoms with Gasteiger partial charge in [-0.05, 0) is 51.5 Å². The molecule has 0 bridgehead atoms. The molecule has 1 aliphatic rings. The second-order valence-corrected chi connectivity index (χ2v) is 4.94. The molecule has 1 saturated heterocycles. The SMILES string of the molecule is CCC(/C=C(/C)CC1CCCCN1)CC. The Balaban J connectivity index is 2.35. The molecule has 0 aromatic rings. The van der Waals surface area contributed by atoms with Gasteiger partial charge in [0.1, 0.15) is 0 Å². The molecule has 0 aliphatic carbocycles. The quantitative estimate of drug-likeness (QED) is 0.677. The highest BCUT2D eigenvalue weighted by Crippen LogP contribution is 2.18. The lowest BCUT2D eigenvalue weighted by Crippen LogP contribution is -2.34. The van der Waals surface area contributed by atoms with Crippen LogP contribution < -0.4 is 5.32 Å². The summed E-state index contributed by atoms with van der Waals surface area (Å²) in [5, 5.41) is 3.62. The number of rotatable bonds is 5. The van der Waals surface area contributed by atoms with Crippen molar-refractivity contribution in [2.45, 2.75) is 65.3 Å². The zero-order valence-corrected chi connectivity index (χ0v) is 10.7. The predicted molar refractivity (Wildman–Crippen MR) is 68.1 cm³/mol. The van der Waals surface area contributed by atoms with Crippen molar-refractivity contribution in [1.82, 2.24) is 5.32 Å². The first-order valence-corrected chi connectivity index (χ1v) is 6.66. The van der Waals surface area contributed by atoms with E-state index in [1.54, 1.807) is 5.57 Å². The van der Waals surface area contributed by atoms with Crippen molar-refractivity contribution in [2.24, 2.45) is 5.92 Å². The first-order valence-electron chi connectivity index (χ1n) is 6.66.